The lowest BCUT2D eigenvalue weighted by atomic mass is 10.1. The van der Waals surface area contributed by atoms with E-state index in [-0.39, 0.29) is 11.9 Å². The maximum absolute atomic E-state index is 13.5. The van der Waals surface area contributed by atoms with E-state index in [2.05, 4.69) is 10.4 Å². The molecule has 0 bridgehead atoms. The second kappa shape index (κ2) is 6.45. The average Bonchev–Trinajstić information content (AvgIpc) is 2.78. The van der Waals surface area contributed by atoms with Gasteiger partial charge >= 0.3 is 0 Å². The highest BCUT2D eigenvalue weighted by Gasteiger charge is 2.10. The van der Waals surface area contributed by atoms with Crippen molar-refractivity contribution < 1.29 is 13.2 Å². The third-order valence-corrected chi connectivity index (χ3v) is 2.84. The minimum Gasteiger partial charge on any atom is -0.366 e. The number of aromatic nitrogens is 2. The summed E-state index contributed by atoms with van der Waals surface area (Å²) in [5.41, 5.74) is 0.611. The summed E-state index contributed by atoms with van der Waals surface area (Å²) in [6.45, 7) is 1.46. The van der Waals surface area contributed by atoms with Crippen molar-refractivity contribution in [3.05, 3.63) is 47.9 Å². The van der Waals surface area contributed by atoms with Gasteiger partial charge in [-0.3, -0.25) is 4.68 Å². The highest BCUT2D eigenvalue weighted by atomic mass is 19.3. The number of hydrogen-bond acceptors (Lipinski definition) is 2. The van der Waals surface area contributed by atoms with Crippen molar-refractivity contribution in [3.8, 4) is 0 Å². The zero-order chi connectivity index (χ0) is 14.5. The van der Waals surface area contributed by atoms with Crippen LogP contribution in [0.15, 0.2) is 36.5 Å². The van der Waals surface area contributed by atoms with Crippen molar-refractivity contribution in [2.24, 2.45) is 0 Å². The van der Waals surface area contributed by atoms with Crippen LogP contribution in [0.4, 0.5) is 19.0 Å². The van der Waals surface area contributed by atoms with Crippen LogP contribution in [0.2, 0.25) is 0 Å². The van der Waals surface area contributed by atoms with Gasteiger partial charge in [-0.2, -0.15) is 5.10 Å². The van der Waals surface area contributed by atoms with E-state index < -0.39 is 13.0 Å². The van der Waals surface area contributed by atoms with Gasteiger partial charge in [0.25, 0.3) is 6.43 Å². The monoisotopic (exact) mass is 283 g/mol. The van der Waals surface area contributed by atoms with Gasteiger partial charge in [-0.25, -0.2) is 13.2 Å². The van der Waals surface area contributed by atoms with Crippen LogP contribution >= 0.6 is 0 Å². The second-order valence-corrected chi connectivity index (χ2v) is 4.66. The van der Waals surface area contributed by atoms with Gasteiger partial charge in [0, 0.05) is 18.3 Å². The molecule has 3 nitrogen and oxygen atoms in total. The molecule has 0 spiro atoms. The lowest BCUT2D eigenvalue weighted by Gasteiger charge is -2.13. The van der Waals surface area contributed by atoms with Crippen LogP contribution in [0, 0.1) is 5.82 Å². The van der Waals surface area contributed by atoms with Crippen LogP contribution in [0.5, 0.6) is 0 Å². The number of nitrogens with one attached hydrogen (secondary N) is 1. The van der Waals surface area contributed by atoms with Crippen LogP contribution in [-0.2, 0) is 13.0 Å². The summed E-state index contributed by atoms with van der Waals surface area (Å²) < 4.78 is 39.1. The molecule has 20 heavy (non-hydrogen) atoms. The lowest BCUT2D eigenvalue weighted by molar-refractivity contribution is 0.122. The third-order valence-electron chi connectivity index (χ3n) is 2.84. The van der Waals surface area contributed by atoms with Crippen molar-refractivity contribution in [3.63, 3.8) is 0 Å². The Hall–Kier alpha value is -1.98. The van der Waals surface area contributed by atoms with E-state index in [1.54, 1.807) is 24.3 Å². The number of rotatable bonds is 6. The Kier molecular flexibility index (Phi) is 4.65. The van der Waals surface area contributed by atoms with E-state index in [0.29, 0.717) is 17.8 Å². The minimum absolute atomic E-state index is 0.0539. The SMILES string of the molecule is CC(Cc1ccccc1F)Nc1ccn(CC(F)F)n1. The Bertz CT molecular complexity index is 554. The molecule has 1 aromatic heterocycles. The maximum atomic E-state index is 13.5. The first-order chi connectivity index (χ1) is 9.54. The summed E-state index contributed by atoms with van der Waals surface area (Å²) >= 11 is 0. The van der Waals surface area contributed by atoms with Gasteiger partial charge in [-0.05, 0) is 25.0 Å². The molecule has 0 aliphatic heterocycles. The smallest absolute Gasteiger partial charge is 0.257 e. The van der Waals surface area contributed by atoms with Gasteiger partial charge in [0.2, 0.25) is 0 Å². The highest BCUT2D eigenvalue weighted by Crippen LogP contribution is 2.12. The molecule has 108 valence electrons. The quantitative estimate of drug-likeness (QED) is 0.881. The van der Waals surface area contributed by atoms with Gasteiger partial charge in [0.05, 0.1) is 0 Å². The Morgan fingerprint density at radius 2 is 2.00 bits per heavy atom. The predicted molar refractivity (Wildman–Crippen MR) is 71.4 cm³/mol. The van der Waals surface area contributed by atoms with E-state index >= 15 is 0 Å². The molecule has 2 aromatic rings. The Morgan fingerprint density at radius 1 is 1.25 bits per heavy atom. The molecule has 0 radical (unpaired) electrons. The molecular weight excluding hydrogens is 267 g/mol. The zero-order valence-electron chi connectivity index (χ0n) is 11.1. The topological polar surface area (TPSA) is 29.9 Å². The minimum atomic E-state index is -2.43. The van der Waals surface area contributed by atoms with Crippen molar-refractivity contribution in [2.75, 3.05) is 5.32 Å². The predicted octanol–water partition coefficient (Wildman–Crippen LogP) is 3.33. The van der Waals surface area contributed by atoms with Crippen molar-refractivity contribution >= 4 is 5.82 Å². The number of halogens is 3. The third kappa shape index (κ3) is 4.01. The number of benzene rings is 1. The van der Waals surface area contributed by atoms with E-state index in [1.807, 2.05) is 6.92 Å². The molecule has 0 saturated heterocycles. The number of nitrogens with zero attached hydrogens (tertiary/aromatic N) is 2. The normalized spacial score (nSPS) is 12.7. The number of alkyl halides is 2. The van der Waals surface area contributed by atoms with Crippen molar-refractivity contribution in [1.82, 2.24) is 9.78 Å². The number of hydrogen-bond donors (Lipinski definition) is 1. The molecule has 1 unspecified atom stereocenters. The summed E-state index contributed by atoms with van der Waals surface area (Å²) in [7, 11) is 0. The fraction of sp³-hybridized carbons (Fsp3) is 0.357. The van der Waals surface area contributed by atoms with Crippen LogP contribution < -0.4 is 5.32 Å². The Labute approximate surface area is 115 Å². The fourth-order valence-electron chi connectivity index (χ4n) is 1.98. The van der Waals surface area contributed by atoms with E-state index in [1.165, 1.54) is 16.9 Å². The van der Waals surface area contributed by atoms with Gasteiger partial charge in [0.1, 0.15) is 18.2 Å². The number of anilines is 1. The molecule has 0 amide bonds. The molecule has 1 heterocycles. The Morgan fingerprint density at radius 3 is 2.70 bits per heavy atom. The van der Waals surface area contributed by atoms with Gasteiger partial charge in [-0.15, -0.1) is 0 Å². The summed E-state index contributed by atoms with van der Waals surface area (Å²) in [4.78, 5) is 0. The molecule has 6 heteroatoms. The van der Waals surface area contributed by atoms with Crippen LogP contribution in [0.3, 0.4) is 0 Å². The van der Waals surface area contributed by atoms with Gasteiger partial charge < -0.3 is 5.32 Å². The molecule has 0 aliphatic rings. The molecule has 1 N–H and O–H groups in total. The molecule has 2 rings (SSSR count). The molecule has 1 atom stereocenters. The van der Waals surface area contributed by atoms with E-state index in [9.17, 15) is 13.2 Å². The van der Waals surface area contributed by atoms with E-state index in [4.69, 9.17) is 0 Å². The largest absolute Gasteiger partial charge is 0.366 e. The van der Waals surface area contributed by atoms with Crippen LogP contribution in [0.1, 0.15) is 12.5 Å². The summed E-state index contributed by atoms with van der Waals surface area (Å²) in [6, 6.07) is 8.13. The zero-order valence-corrected chi connectivity index (χ0v) is 11.1. The highest BCUT2D eigenvalue weighted by molar-refractivity contribution is 5.34. The molecule has 1 aromatic carbocycles. The van der Waals surface area contributed by atoms with Crippen molar-refractivity contribution in [1.29, 1.82) is 0 Å². The standard InChI is InChI=1S/C14H16F3N3/c1-10(8-11-4-2-3-5-12(11)15)18-14-6-7-20(19-14)9-13(16)17/h2-7,10,13H,8-9H2,1H3,(H,18,19). The van der Waals surface area contributed by atoms with Crippen molar-refractivity contribution in [2.45, 2.75) is 32.4 Å². The molecule has 0 aliphatic carbocycles. The second-order valence-electron chi connectivity index (χ2n) is 4.66. The average molecular weight is 283 g/mol. The maximum Gasteiger partial charge on any atom is 0.257 e. The van der Waals surface area contributed by atoms with E-state index in [0.717, 1.165) is 0 Å². The van der Waals surface area contributed by atoms with Crippen LogP contribution in [0.25, 0.3) is 0 Å². The summed E-state index contributed by atoms with van der Waals surface area (Å²) in [6.07, 6.45) is -0.447. The first kappa shape index (κ1) is 14.4. The fourth-order valence-corrected chi connectivity index (χ4v) is 1.98. The van der Waals surface area contributed by atoms with Crippen LogP contribution in [-0.4, -0.2) is 22.2 Å². The lowest BCUT2D eigenvalue weighted by Crippen LogP contribution is -2.19. The Balaban J connectivity index is 1.93. The first-order valence-electron chi connectivity index (χ1n) is 6.36. The molecule has 0 fully saturated rings. The van der Waals surface area contributed by atoms with Gasteiger partial charge in [-0.1, -0.05) is 18.2 Å². The first-order valence-corrected chi connectivity index (χ1v) is 6.36. The molecular formula is C14H16F3N3. The summed E-state index contributed by atoms with van der Waals surface area (Å²) in [5, 5.41) is 7.05. The van der Waals surface area contributed by atoms with Gasteiger partial charge in [0.15, 0.2) is 0 Å². The summed E-state index contributed by atoms with van der Waals surface area (Å²) in [5.74, 6) is 0.263. The molecule has 0 saturated carbocycles.